The first-order valence-corrected chi connectivity index (χ1v) is 7.52. The predicted molar refractivity (Wildman–Crippen MR) is 84.5 cm³/mol. The average Bonchev–Trinajstić information content (AvgIpc) is 2.41. The molecule has 1 amide bonds. The lowest BCUT2D eigenvalue weighted by atomic mass is 10.0. The Kier molecular flexibility index (Phi) is 4.66. The Balaban J connectivity index is 2.08. The molecule has 6 nitrogen and oxygen atoms in total. The first kappa shape index (κ1) is 17.3. The van der Waals surface area contributed by atoms with Crippen LogP contribution in [0.1, 0.15) is 50.5 Å². The summed E-state index contributed by atoms with van der Waals surface area (Å²) in [5.41, 5.74) is 0.631. The molecule has 1 heterocycles. The largest absolute Gasteiger partial charge is 0.462 e. The van der Waals surface area contributed by atoms with Crippen LogP contribution in [0, 0.1) is 0 Å². The fourth-order valence-electron chi connectivity index (χ4n) is 2.13. The number of nitrogens with one attached hydrogen (secondary N) is 1. The molecule has 0 bridgehead atoms. The highest BCUT2D eigenvalue weighted by Crippen LogP contribution is 2.34. The van der Waals surface area contributed by atoms with Gasteiger partial charge in [0.1, 0.15) is 11.4 Å². The fraction of sp³-hybridized carbons (Fsp3) is 0.529. The molecule has 6 heteroatoms. The van der Waals surface area contributed by atoms with Crippen molar-refractivity contribution in [3.8, 4) is 5.75 Å². The number of amides is 1. The zero-order chi connectivity index (χ0) is 17.3. The number of hydrogen-bond acceptors (Lipinski definition) is 5. The van der Waals surface area contributed by atoms with Gasteiger partial charge in [0.05, 0.1) is 18.7 Å². The lowest BCUT2D eigenvalue weighted by Crippen LogP contribution is -2.37. The van der Waals surface area contributed by atoms with E-state index in [9.17, 15) is 9.59 Å². The number of carbonyl (C=O) groups excluding carboxylic acids is 2. The smallest absolute Gasteiger partial charge is 0.408 e. The molecule has 0 unspecified atom stereocenters. The third kappa shape index (κ3) is 4.69. The minimum atomic E-state index is -0.790. The maximum Gasteiger partial charge on any atom is 0.408 e. The number of ketones is 1. The van der Waals surface area contributed by atoms with Gasteiger partial charge in [-0.05, 0) is 26.8 Å². The number of rotatable bonds is 3. The van der Waals surface area contributed by atoms with Crippen LogP contribution >= 0.6 is 0 Å². The molecule has 1 aromatic rings. The molecule has 1 aromatic carbocycles. The molecule has 0 spiro atoms. The maximum atomic E-state index is 12.4. The number of para-hydroxylation sites is 1. The fourth-order valence-corrected chi connectivity index (χ4v) is 2.13. The number of carbonyl (C=O) groups is 2. The lowest BCUT2D eigenvalue weighted by Gasteiger charge is -2.33. The molecule has 0 saturated carbocycles. The van der Waals surface area contributed by atoms with E-state index in [1.165, 1.54) is 0 Å². The standard InChI is InChI=1S/C17H23NO5/c1-16(2,3)23-15(20)18-9-13(19)12-8-6-7-11-10-21-17(4,5)22-14(11)12/h6-8H,9-10H2,1-5H3,(H,18,20). The van der Waals surface area contributed by atoms with Crippen molar-refractivity contribution >= 4 is 11.9 Å². The van der Waals surface area contributed by atoms with E-state index in [2.05, 4.69) is 5.32 Å². The Morgan fingerprint density at radius 2 is 2.00 bits per heavy atom. The molecule has 0 aromatic heterocycles. The second kappa shape index (κ2) is 6.20. The molecule has 0 atom stereocenters. The van der Waals surface area contributed by atoms with Gasteiger partial charge in [-0.1, -0.05) is 12.1 Å². The first-order chi connectivity index (χ1) is 10.6. The van der Waals surface area contributed by atoms with Crippen LogP contribution in [0.2, 0.25) is 0 Å². The van der Waals surface area contributed by atoms with Crippen LogP contribution in [0.15, 0.2) is 18.2 Å². The molecule has 0 saturated heterocycles. The average molecular weight is 321 g/mol. The van der Waals surface area contributed by atoms with Crippen LogP contribution in [0.4, 0.5) is 4.79 Å². The number of benzene rings is 1. The van der Waals surface area contributed by atoms with Crippen LogP contribution in [0.3, 0.4) is 0 Å². The van der Waals surface area contributed by atoms with E-state index in [1.54, 1.807) is 46.8 Å². The monoisotopic (exact) mass is 321 g/mol. The van der Waals surface area contributed by atoms with Gasteiger partial charge in [-0.2, -0.15) is 0 Å². The van der Waals surface area contributed by atoms with Gasteiger partial charge in [-0.3, -0.25) is 4.79 Å². The summed E-state index contributed by atoms with van der Waals surface area (Å²) in [7, 11) is 0. The minimum Gasteiger partial charge on any atom is -0.462 e. The molecule has 23 heavy (non-hydrogen) atoms. The lowest BCUT2D eigenvalue weighted by molar-refractivity contribution is -0.180. The summed E-state index contributed by atoms with van der Waals surface area (Å²) in [6, 6.07) is 5.30. The summed E-state index contributed by atoms with van der Waals surface area (Å²) in [6.07, 6.45) is -0.625. The van der Waals surface area contributed by atoms with E-state index in [-0.39, 0.29) is 12.3 Å². The highest BCUT2D eigenvalue weighted by molar-refractivity contribution is 6.01. The van der Waals surface area contributed by atoms with Crippen LogP contribution in [-0.2, 0) is 16.1 Å². The molecule has 0 fully saturated rings. The van der Waals surface area contributed by atoms with E-state index in [0.717, 1.165) is 5.56 Å². The van der Waals surface area contributed by atoms with Crippen molar-refractivity contribution in [2.24, 2.45) is 0 Å². The molecule has 2 rings (SSSR count). The maximum absolute atomic E-state index is 12.4. The zero-order valence-corrected chi connectivity index (χ0v) is 14.2. The van der Waals surface area contributed by atoms with Gasteiger partial charge < -0.3 is 19.5 Å². The molecule has 1 aliphatic heterocycles. The Labute approximate surface area is 136 Å². The topological polar surface area (TPSA) is 73.9 Å². The molecular weight excluding hydrogens is 298 g/mol. The summed E-state index contributed by atoms with van der Waals surface area (Å²) in [5.74, 6) is -0.521. The van der Waals surface area contributed by atoms with Crippen molar-refractivity contribution in [2.75, 3.05) is 6.54 Å². The van der Waals surface area contributed by atoms with Crippen molar-refractivity contribution in [1.29, 1.82) is 0 Å². The molecular formula is C17H23NO5. The molecule has 126 valence electrons. The quantitative estimate of drug-likeness (QED) is 0.866. The van der Waals surface area contributed by atoms with Crippen LogP contribution in [0.25, 0.3) is 0 Å². The third-order valence-corrected chi connectivity index (χ3v) is 3.11. The van der Waals surface area contributed by atoms with Crippen LogP contribution in [0.5, 0.6) is 5.75 Å². The van der Waals surface area contributed by atoms with Gasteiger partial charge in [0.15, 0.2) is 5.78 Å². The van der Waals surface area contributed by atoms with Gasteiger partial charge in [0, 0.05) is 19.4 Å². The minimum absolute atomic E-state index is 0.157. The van der Waals surface area contributed by atoms with Crippen molar-refractivity contribution in [2.45, 2.75) is 52.6 Å². The van der Waals surface area contributed by atoms with Crippen molar-refractivity contribution < 1.29 is 23.8 Å². The predicted octanol–water partition coefficient (Wildman–Crippen LogP) is 3.04. The highest BCUT2D eigenvalue weighted by atomic mass is 16.7. The van der Waals surface area contributed by atoms with E-state index in [0.29, 0.717) is 17.9 Å². The molecule has 1 N–H and O–H groups in total. The van der Waals surface area contributed by atoms with Crippen molar-refractivity contribution in [3.63, 3.8) is 0 Å². The van der Waals surface area contributed by atoms with E-state index < -0.39 is 17.5 Å². The summed E-state index contributed by atoms with van der Waals surface area (Å²) in [5, 5.41) is 2.47. The second-order valence-corrected chi connectivity index (χ2v) is 6.86. The van der Waals surface area contributed by atoms with Crippen LogP contribution < -0.4 is 10.1 Å². The molecule has 0 aliphatic carbocycles. The zero-order valence-electron chi connectivity index (χ0n) is 14.2. The number of Topliss-reactive ketones (excluding diaryl/α,β-unsaturated/α-hetero) is 1. The Morgan fingerprint density at radius 3 is 2.65 bits per heavy atom. The third-order valence-electron chi connectivity index (χ3n) is 3.11. The Hall–Kier alpha value is -2.08. The SMILES string of the molecule is CC(C)(C)OC(=O)NCC(=O)c1cccc2c1OC(C)(C)OC2. The Bertz CT molecular complexity index is 616. The van der Waals surface area contributed by atoms with Crippen molar-refractivity contribution in [1.82, 2.24) is 5.32 Å². The van der Waals surface area contributed by atoms with Crippen molar-refractivity contribution in [3.05, 3.63) is 29.3 Å². The normalized spacial score (nSPS) is 16.0. The second-order valence-electron chi connectivity index (χ2n) is 6.86. The number of hydrogen-bond donors (Lipinski definition) is 1. The molecule has 1 aliphatic rings. The summed E-state index contributed by atoms with van der Waals surface area (Å²) in [6.45, 7) is 9.08. The summed E-state index contributed by atoms with van der Waals surface area (Å²) in [4.78, 5) is 24.1. The van der Waals surface area contributed by atoms with E-state index in [4.69, 9.17) is 14.2 Å². The number of alkyl carbamates (subject to hydrolysis) is 1. The number of fused-ring (bicyclic) bond motifs is 1. The summed E-state index contributed by atoms with van der Waals surface area (Å²) >= 11 is 0. The van der Waals surface area contributed by atoms with Crippen LogP contribution in [-0.4, -0.2) is 29.8 Å². The van der Waals surface area contributed by atoms with E-state index >= 15 is 0 Å². The van der Waals surface area contributed by atoms with Gasteiger partial charge in [-0.25, -0.2) is 4.79 Å². The van der Waals surface area contributed by atoms with E-state index in [1.807, 2.05) is 6.07 Å². The van der Waals surface area contributed by atoms with Gasteiger partial charge >= 0.3 is 6.09 Å². The highest BCUT2D eigenvalue weighted by Gasteiger charge is 2.30. The van der Waals surface area contributed by atoms with Gasteiger partial charge in [-0.15, -0.1) is 0 Å². The number of ether oxygens (including phenoxy) is 3. The molecule has 0 radical (unpaired) electrons. The van der Waals surface area contributed by atoms with Gasteiger partial charge in [0.2, 0.25) is 5.79 Å². The Morgan fingerprint density at radius 1 is 1.30 bits per heavy atom. The van der Waals surface area contributed by atoms with Gasteiger partial charge in [0.25, 0.3) is 0 Å². The summed E-state index contributed by atoms with van der Waals surface area (Å²) < 4.78 is 16.4. The first-order valence-electron chi connectivity index (χ1n) is 7.52.